The van der Waals surface area contributed by atoms with Crippen LogP contribution in [0.3, 0.4) is 0 Å². The van der Waals surface area contributed by atoms with Crippen LogP contribution in [0.4, 0.5) is 11.6 Å². The van der Waals surface area contributed by atoms with Gasteiger partial charge in [-0.05, 0) is 18.8 Å². The monoisotopic (exact) mass is 287 g/mol. The van der Waals surface area contributed by atoms with E-state index in [-0.39, 0.29) is 0 Å². The van der Waals surface area contributed by atoms with Gasteiger partial charge in [-0.2, -0.15) is 0 Å². The van der Waals surface area contributed by atoms with Crippen molar-refractivity contribution in [1.29, 1.82) is 0 Å². The van der Waals surface area contributed by atoms with Crippen molar-refractivity contribution < 1.29 is 0 Å². The van der Waals surface area contributed by atoms with Crippen LogP contribution in [0.25, 0.3) is 0 Å². The van der Waals surface area contributed by atoms with Gasteiger partial charge in [-0.1, -0.05) is 12.1 Å². The molecule has 0 radical (unpaired) electrons. The lowest BCUT2D eigenvalue weighted by atomic mass is 10.0. The van der Waals surface area contributed by atoms with E-state index >= 15 is 0 Å². The van der Waals surface area contributed by atoms with Crippen LogP contribution >= 0.6 is 0 Å². The van der Waals surface area contributed by atoms with Crippen molar-refractivity contribution in [2.24, 2.45) is 5.92 Å². The van der Waals surface area contributed by atoms with Gasteiger partial charge in [0.05, 0.1) is 12.7 Å². The summed E-state index contributed by atoms with van der Waals surface area (Å²) in [5.74, 6) is 2.61. The second-order valence-electron chi connectivity index (χ2n) is 5.55. The molecule has 1 N–H and O–H groups in total. The SMILES string of the molecule is CC1CCCN(c2cc(NCCn3ccnn3)ncn2)C1. The van der Waals surface area contributed by atoms with Crippen LogP contribution in [0, 0.1) is 5.92 Å². The predicted molar refractivity (Wildman–Crippen MR) is 81.2 cm³/mol. The largest absolute Gasteiger partial charge is 0.368 e. The Balaban J connectivity index is 1.57. The lowest BCUT2D eigenvalue weighted by Crippen LogP contribution is -2.34. The maximum Gasteiger partial charge on any atom is 0.134 e. The van der Waals surface area contributed by atoms with E-state index in [2.05, 4.69) is 37.4 Å². The van der Waals surface area contributed by atoms with Crippen molar-refractivity contribution in [3.63, 3.8) is 0 Å². The quantitative estimate of drug-likeness (QED) is 0.896. The fraction of sp³-hybridized carbons (Fsp3) is 0.571. The number of nitrogens with one attached hydrogen (secondary N) is 1. The Kier molecular flexibility index (Phi) is 4.28. The van der Waals surface area contributed by atoms with Crippen molar-refractivity contribution in [3.05, 3.63) is 24.8 Å². The third kappa shape index (κ3) is 3.68. The Morgan fingerprint density at radius 2 is 2.33 bits per heavy atom. The van der Waals surface area contributed by atoms with E-state index in [4.69, 9.17) is 0 Å². The number of rotatable bonds is 5. The molecule has 0 bridgehead atoms. The molecule has 21 heavy (non-hydrogen) atoms. The number of aromatic nitrogens is 5. The highest BCUT2D eigenvalue weighted by atomic mass is 15.4. The number of anilines is 2. The van der Waals surface area contributed by atoms with Crippen LogP contribution in [0.5, 0.6) is 0 Å². The van der Waals surface area contributed by atoms with E-state index in [1.165, 1.54) is 12.8 Å². The van der Waals surface area contributed by atoms with Crippen LogP contribution in [-0.4, -0.2) is 44.6 Å². The highest BCUT2D eigenvalue weighted by Gasteiger charge is 2.17. The van der Waals surface area contributed by atoms with Gasteiger partial charge >= 0.3 is 0 Å². The first-order chi connectivity index (χ1) is 10.3. The average Bonchev–Trinajstić information content (AvgIpc) is 3.01. The van der Waals surface area contributed by atoms with Crippen molar-refractivity contribution in [2.45, 2.75) is 26.3 Å². The Labute approximate surface area is 124 Å². The van der Waals surface area contributed by atoms with Gasteiger partial charge in [0.1, 0.15) is 18.0 Å². The minimum Gasteiger partial charge on any atom is -0.368 e. The zero-order valence-corrected chi connectivity index (χ0v) is 12.3. The molecule has 1 aliphatic heterocycles. The topological polar surface area (TPSA) is 71.8 Å². The summed E-state index contributed by atoms with van der Waals surface area (Å²) in [5.41, 5.74) is 0. The van der Waals surface area contributed by atoms with Gasteiger partial charge in [0.25, 0.3) is 0 Å². The normalized spacial score (nSPS) is 18.7. The van der Waals surface area contributed by atoms with E-state index in [9.17, 15) is 0 Å². The minimum absolute atomic E-state index is 0.734. The maximum absolute atomic E-state index is 4.40. The highest BCUT2D eigenvalue weighted by Crippen LogP contribution is 2.22. The average molecular weight is 287 g/mol. The summed E-state index contributed by atoms with van der Waals surface area (Å²) >= 11 is 0. The first-order valence-corrected chi connectivity index (χ1v) is 7.46. The van der Waals surface area contributed by atoms with Crippen LogP contribution in [0.1, 0.15) is 19.8 Å². The molecule has 0 aliphatic carbocycles. The van der Waals surface area contributed by atoms with Crippen LogP contribution in [-0.2, 0) is 6.54 Å². The lowest BCUT2D eigenvalue weighted by Gasteiger charge is -2.31. The summed E-state index contributed by atoms with van der Waals surface area (Å²) in [6.07, 6.45) is 7.71. The van der Waals surface area contributed by atoms with Crippen LogP contribution in [0.2, 0.25) is 0 Å². The molecule has 0 saturated carbocycles. The van der Waals surface area contributed by atoms with Gasteiger partial charge in [0, 0.05) is 31.9 Å². The van der Waals surface area contributed by atoms with Gasteiger partial charge in [0.15, 0.2) is 0 Å². The van der Waals surface area contributed by atoms with Gasteiger partial charge in [-0.15, -0.1) is 5.10 Å². The van der Waals surface area contributed by atoms with Gasteiger partial charge in [0.2, 0.25) is 0 Å². The van der Waals surface area contributed by atoms with Crippen molar-refractivity contribution in [1.82, 2.24) is 25.0 Å². The van der Waals surface area contributed by atoms with Crippen molar-refractivity contribution in [2.75, 3.05) is 29.9 Å². The zero-order valence-electron chi connectivity index (χ0n) is 12.3. The summed E-state index contributed by atoms with van der Waals surface area (Å²) in [7, 11) is 0. The zero-order chi connectivity index (χ0) is 14.5. The van der Waals surface area contributed by atoms with E-state index in [0.29, 0.717) is 0 Å². The Hall–Kier alpha value is -2.18. The van der Waals surface area contributed by atoms with E-state index in [1.807, 2.05) is 12.3 Å². The van der Waals surface area contributed by atoms with Crippen molar-refractivity contribution in [3.8, 4) is 0 Å². The van der Waals surface area contributed by atoms with Crippen LogP contribution in [0.15, 0.2) is 24.8 Å². The molecule has 0 spiro atoms. The van der Waals surface area contributed by atoms with Gasteiger partial charge in [-0.25, -0.2) is 9.97 Å². The molecular weight excluding hydrogens is 266 g/mol. The molecule has 2 aromatic rings. The van der Waals surface area contributed by atoms with E-state index < -0.39 is 0 Å². The molecule has 1 fully saturated rings. The number of nitrogens with zero attached hydrogens (tertiary/aromatic N) is 6. The smallest absolute Gasteiger partial charge is 0.134 e. The van der Waals surface area contributed by atoms with Crippen LogP contribution < -0.4 is 10.2 Å². The second-order valence-corrected chi connectivity index (χ2v) is 5.55. The Morgan fingerprint density at radius 1 is 1.38 bits per heavy atom. The minimum atomic E-state index is 0.734. The number of hydrogen-bond donors (Lipinski definition) is 1. The fourth-order valence-corrected chi connectivity index (χ4v) is 2.66. The third-order valence-electron chi connectivity index (χ3n) is 3.75. The Bertz CT molecular complexity index is 554. The molecule has 7 heteroatoms. The standard InChI is InChI=1S/C14H21N7/c1-12-3-2-6-20(10-12)14-9-13(16-11-17-14)15-4-7-21-8-5-18-19-21/h5,8-9,11-12H,2-4,6-7,10H2,1H3,(H,15,16,17). The molecule has 1 aliphatic rings. The summed E-state index contributed by atoms with van der Waals surface area (Å²) in [5, 5.41) is 11.0. The molecule has 1 saturated heterocycles. The molecule has 3 heterocycles. The molecule has 7 nitrogen and oxygen atoms in total. The lowest BCUT2D eigenvalue weighted by molar-refractivity contribution is 0.444. The summed E-state index contributed by atoms with van der Waals surface area (Å²) in [4.78, 5) is 11.0. The number of piperidine rings is 1. The molecule has 1 atom stereocenters. The molecule has 112 valence electrons. The molecule has 3 rings (SSSR count). The maximum atomic E-state index is 4.40. The second kappa shape index (κ2) is 6.51. The highest BCUT2D eigenvalue weighted by molar-refractivity contribution is 5.48. The number of hydrogen-bond acceptors (Lipinski definition) is 6. The summed E-state index contributed by atoms with van der Waals surface area (Å²) < 4.78 is 1.79. The van der Waals surface area contributed by atoms with Gasteiger partial charge in [-0.3, -0.25) is 4.68 Å². The first-order valence-electron chi connectivity index (χ1n) is 7.46. The molecule has 2 aromatic heterocycles. The van der Waals surface area contributed by atoms with Gasteiger partial charge < -0.3 is 10.2 Å². The molecular formula is C14H21N7. The molecule has 1 unspecified atom stereocenters. The van der Waals surface area contributed by atoms with Crippen molar-refractivity contribution >= 4 is 11.6 Å². The Morgan fingerprint density at radius 3 is 3.14 bits per heavy atom. The summed E-state index contributed by atoms with van der Waals surface area (Å²) in [6.45, 7) is 5.98. The fourth-order valence-electron chi connectivity index (χ4n) is 2.66. The summed E-state index contributed by atoms with van der Waals surface area (Å²) in [6, 6.07) is 2.03. The van der Waals surface area contributed by atoms with E-state index in [1.54, 1.807) is 17.2 Å². The third-order valence-corrected chi connectivity index (χ3v) is 3.75. The first kappa shape index (κ1) is 13.8. The van der Waals surface area contributed by atoms with E-state index in [0.717, 1.165) is 43.7 Å². The molecule has 0 amide bonds. The molecule has 0 aromatic carbocycles. The predicted octanol–water partition coefficient (Wildman–Crippen LogP) is 1.42.